The van der Waals surface area contributed by atoms with Crippen LogP contribution in [0.4, 0.5) is 18.9 Å². The van der Waals surface area contributed by atoms with E-state index < -0.39 is 23.2 Å². The molecule has 0 aliphatic carbocycles. The number of halogens is 4. The lowest BCUT2D eigenvalue weighted by Crippen LogP contribution is -2.01. The summed E-state index contributed by atoms with van der Waals surface area (Å²) < 4.78 is 39.1. The third kappa shape index (κ3) is 3.12. The Morgan fingerprint density at radius 1 is 1.00 bits per heavy atom. The van der Waals surface area contributed by atoms with Gasteiger partial charge >= 0.3 is 0 Å². The average Bonchev–Trinajstić information content (AvgIpc) is 2.37. The normalized spacial score (nSPS) is 10.5. The number of aromatic hydroxyl groups is 1. The van der Waals surface area contributed by atoms with Crippen LogP contribution in [-0.4, -0.2) is 5.11 Å². The maximum absolute atomic E-state index is 13.1. The lowest BCUT2D eigenvalue weighted by Gasteiger charge is -2.08. The number of rotatable bonds is 3. The van der Waals surface area contributed by atoms with Crippen LogP contribution < -0.4 is 5.32 Å². The summed E-state index contributed by atoms with van der Waals surface area (Å²) in [6, 6.07) is 6.02. The molecule has 6 heteroatoms. The van der Waals surface area contributed by atoms with Crippen molar-refractivity contribution in [3.05, 3.63) is 58.4 Å². The van der Waals surface area contributed by atoms with Crippen LogP contribution in [0.1, 0.15) is 5.56 Å². The van der Waals surface area contributed by atoms with Crippen molar-refractivity contribution in [2.24, 2.45) is 0 Å². The molecule has 2 aromatic carbocycles. The third-order valence-electron chi connectivity index (χ3n) is 2.49. The third-order valence-corrected chi connectivity index (χ3v) is 2.78. The van der Waals surface area contributed by atoms with Crippen molar-refractivity contribution in [1.82, 2.24) is 0 Å². The molecule has 0 aliphatic rings. The van der Waals surface area contributed by atoms with E-state index in [2.05, 4.69) is 5.32 Å². The van der Waals surface area contributed by atoms with Gasteiger partial charge < -0.3 is 10.4 Å². The van der Waals surface area contributed by atoms with Crippen molar-refractivity contribution in [3.63, 3.8) is 0 Å². The van der Waals surface area contributed by atoms with Crippen LogP contribution in [0.2, 0.25) is 5.02 Å². The molecule has 0 saturated heterocycles. The molecule has 0 spiro atoms. The summed E-state index contributed by atoms with van der Waals surface area (Å²) in [6.45, 7) is 0.107. The van der Waals surface area contributed by atoms with E-state index in [9.17, 15) is 13.2 Å². The lowest BCUT2D eigenvalue weighted by molar-refractivity contribution is 0.395. The number of phenols is 1. The Balaban J connectivity index is 2.12. The second kappa shape index (κ2) is 5.40. The van der Waals surface area contributed by atoms with Gasteiger partial charge in [-0.15, -0.1) is 0 Å². The van der Waals surface area contributed by atoms with Crippen molar-refractivity contribution in [1.29, 1.82) is 0 Å². The van der Waals surface area contributed by atoms with Crippen LogP contribution in [-0.2, 0) is 6.54 Å². The first-order valence-electron chi connectivity index (χ1n) is 5.33. The van der Waals surface area contributed by atoms with E-state index in [1.165, 1.54) is 18.2 Å². The van der Waals surface area contributed by atoms with E-state index in [0.29, 0.717) is 11.3 Å². The summed E-state index contributed by atoms with van der Waals surface area (Å²) in [5.74, 6) is -3.62. The predicted octanol–water partition coefficient (Wildman–Crippen LogP) is 4.08. The second-order valence-corrected chi connectivity index (χ2v) is 4.30. The van der Waals surface area contributed by atoms with Crippen molar-refractivity contribution >= 4 is 17.3 Å². The first kappa shape index (κ1) is 13.5. The summed E-state index contributed by atoms with van der Waals surface area (Å²) in [7, 11) is 0. The first-order chi connectivity index (χ1) is 8.97. The molecule has 0 radical (unpaired) electrons. The average molecular weight is 288 g/mol. The molecule has 0 amide bonds. The van der Waals surface area contributed by atoms with Gasteiger partial charge in [-0.2, -0.15) is 0 Å². The van der Waals surface area contributed by atoms with Crippen molar-refractivity contribution in [3.8, 4) is 5.75 Å². The first-order valence-corrected chi connectivity index (χ1v) is 5.71. The van der Waals surface area contributed by atoms with E-state index >= 15 is 0 Å². The Morgan fingerprint density at radius 3 is 2.21 bits per heavy atom. The van der Waals surface area contributed by atoms with Crippen LogP contribution in [0, 0.1) is 17.5 Å². The van der Waals surface area contributed by atoms with Gasteiger partial charge in [0, 0.05) is 12.2 Å². The molecule has 0 aliphatic heterocycles. The predicted molar refractivity (Wildman–Crippen MR) is 66.8 cm³/mol. The van der Waals surface area contributed by atoms with Crippen LogP contribution in [0.25, 0.3) is 0 Å². The minimum absolute atomic E-state index is 0.0481. The van der Waals surface area contributed by atoms with Gasteiger partial charge in [0.1, 0.15) is 5.82 Å². The van der Waals surface area contributed by atoms with Crippen LogP contribution >= 0.6 is 11.6 Å². The molecule has 0 atom stereocenters. The summed E-state index contributed by atoms with van der Waals surface area (Å²) >= 11 is 5.60. The van der Waals surface area contributed by atoms with Gasteiger partial charge in [-0.25, -0.2) is 13.2 Å². The van der Waals surface area contributed by atoms with Crippen molar-refractivity contribution < 1.29 is 18.3 Å². The van der Waals surface area contributed by atoms with Gasteiger partial charge in [0.15, 0.2) is 17.4 Å². The zero-order chi connectivity index (χ0) is 14.0. The molecule has 2 rings (SSSR count). The number of hydrogen-bond donors (Lipinski definition) is 2. The minimum atomic E-state index is -1.03. The number of phenolic OH excluding ortho intramolecular Hbond substituents is 1. The molecular weight excluding hydrogens is 279 g/mol. The van der Waals surface area contributed by atoms with Gasteiger partial charge in [-0.3, -0.25) is 0 Å². The second-order valence-electron chi connectivity index (χ2n) is 3.89. The van der Waals surface area contributed by atoms with Gasteiger partial charge in [0.2, 0.25) is 0 Å². The van der Waals surface area contributed by atoms with Crippen molar-refractivity contribution in [2.75, 3.05) is 5.32 Å². The molecule has 0 bridgehead atoms. The fourth-order valence-electron chi connectivity index (χ4n) is 1.53. The summed E-state index contributed by atoms with van der Waals surface area (Å²) in [6.07, 6.45) is 0. The lowest BCUT2D eigenvalue weighted by atomic mass is 10.2. The fourth-order valence-corrected chi connectivity index (χ4v) is 1.71. The molecule has 0 unspecified atom stereocenters. The molecule has 2 N–H and O–H groups in total. The van der Waals surface area contributed by atoms with Crippen LogP contribution in [0.5, 0.6) is 5.75 Å². The van der Waals surface area contributed by atoms with Gasteiger partial charge in [0.25, 0.3) is 0 Å². The maximum atomic E-state index is 13.1. The largest absolute Gasteiger partial charge is 0.503 e. The van der Waals surface area contributed by atoms with E-state index in [0.717, 1.165) is 12.1 Å². The standard InChI is InChI=1S/C13H9ClF3NO/c14-9-5-8(1-2-10(9)15)18-6-7-3-11(16)13(19)12(17)4-7/h1-5,18-19H,6H2. The van der Waals surface area contributed by atoms with Crippen molar-refractivity contribution in [2.45, 2.75) is 6.54 Å². The molecule has 0 saturated carbocycles. The molecule has 0 fully saturated rings. The number of anilines is 1. The van der Waals surface area contributed by atoms with Gasteiger partial charge in [0.05, 0.1) is 5.02 Å². The maximum Gasteiger partial charge on any atom is 0.187 e. The molecule has 2 nitrogen and oxygen atoms in total. The highest BCUT2D eigenvalue weighted by atomic mass is 35.5. The molecular formula is C13H9ClF3NO. The van der Waals surface area contributed by atoms with Crippen LogP contribution in [0.15, 0.2) is 30.3 Å². The highest BCUT2D eigenvalue weighted by molar-refractivity contribution is 6.31. The molecule has 19 heavy (non-hydrogen) atoms. The van der Waals surface area contributed by atoms with E-state index in [1.807, 2.05) is 0 Å². The van der Waals surface area contributed by atoms with Crippen LogP contribution in [0.3, 0.4) is 0 Å². The zero-order valence-electron chi connectivity index (χ0n) is 9.55. The Morgan fingerprint density at radius 2 is 1.63 bits per heavy atom. The van der Waals surface area contributed by atoms with Gasteiger partial charge in [-0.1, -0.05) is 11.6 Å². The van der Waals surface area contributed by atoms with E-state index in [1.54, 1.807) is 0 Å². The Hall–Kier alpha value is -1.88. The topological polar surface area (TPSA) is 32.3 Å². The Labute approximate surface area is 112 Å². The fraction of sp³-hybridized carbons (Fsp3) is 0.0769. The summed E-state index contributed by atoms with van der Waals surface area (Å²) in [5, 5.41) is 11.7. The SMILES string of the molecule is Oc1c(F)cc(CNc2ccc(F)c(Cl)c2)cc1F. The Bertz CT molecular complexity index is 596. The smallest absolute Gasteiger partial charge is 0.187 e. The summed E-state index contributed by atoms with van der Waals surface area (Å²) in [4.78, 5) is 0. The molecule has 100 valence electrons. The zero-order valence-corrected chi connectivity index (χ0v) is 10.3. The minimum Gasteiger partial charge on any atom is -0.503 e. The summed E-state index contributed by atoms with van der Waals surface area (Å²) in [5.41, 5.74) is 0.813. The molecule has 0 aromatic heterocycles. The monoisotopic (exact) mass is 287 g/mol. The van der Waals surface area contributed by atoms with E-state index in [4.69, 9.17) is 16.7 Å². The number of nitrogens with one attached hydrogen (secondary N) is 1. The number of hydrogen-bond acceptors (Lipinski definition) is 2. The Kier molecular flexibility index (Phi) is 3.85. The molecule has 0 heterocycles. The van der Waals surface area contributed by atoms with Gasteiger partial charge in [-0.05, 0) is 35.9 Å². The highest BCUT2D eigenvalue weighted by Crippen LogP contribution is 2.23. The highest BCUT2D eigenvalue weighted by Gasteiger charge is 2.09. The quantitative estimate of drug-likeness (QED) is 0.892. The number of benzene rings is 2. The van der Waals surface area contributed by atoms with E-state index in [-0.39, 0.29) is 11.6 Å². The molecule has 2 aromatic rings.